The van der Waals surface area contributed by atoms with Crippen LogP contribution in [0.4, 0.5) is 14.5 Å². The molecule has 2 aromatic carbocycles. The van der Waals surface area contributed by atoms with Gasteiger partial charge in [0.05, 0.1) is 5.56 Å². The summed E-state index contributed by atoms with van der Waals surface area (Å²) in [5, 5.41) is 8.70. The monoisotopic (exact) mass is 260 g/mol. The summed E-state index contributed by atoms with van der Waals surface area (Å²) in [6, 6.07) is 9.84. The van der Waals surface area contributed by atoms with Crippen molar-refractivity contribution < 1.29 is 13.5 Å². The van der Waals surface area contributed by atoms with E-state index in [1.807, 2.05) is 0 Å². The van der Waals surface area contributed by atoms with Crippen LogP contribution in [0.15, 0.2) is 36.4 Å². The largest absolute Gasteiger partial charge is 0.486 e. The highest BCUT2D eigenvalue weighted by atomic mass is 19.1. The van der Waals surface area contributed by atoms with E-state index in [4.69, 9.17) is 15.7 Å². The topological polar surface area (TPSA) is 59.0 Å². The number of nitrogens with two attached hydrogens (primary N) is 1. The second kappa shape index (κ2) is 5.36. The lowest BCUT2D eigenvalue weighted by atomic mass is 10.1. The minimum Gasteiger partial charge on any atom is -0.486 e. The SMILES string of the molecule is N#Cc1cc(COc2ccc(N)cc2F)ccc1F. The fraction of sp³-hybridized carbons (Fsp3) is 0.0714. The smallest absolute Gasteiger partial charge is 0.167 e. The van der Waals surface area contributed by atoms with Crippen molar-refractivity contribution in [1.29, 1.82) is 5.26 Å². The van der Waals surface area contributed by atoms with E-state index in [0.29, 0.717) is 11.3 Å². The van der Waals surface area contributed by atoms with E-state index < -0.39 is 11.6 Å². The van der Waals surface area contributed by atoms with Gasteiger partial charge in [-0.15, -0.1) is 0 Å². The van der Waals surface area contributed by atoms with Gasteiger partial charge in [0, 0.05) is 11.8 Å². The Morgan fingerprint density at radius 3 is 2.58 bits per heavy atom. The zero-order chi connectivity index (χ0) is 13.8. The molecule has 0 saturated heterocycles. The Labute approximate surface area is 108 Å². The van der Waals surface area contributed by atoms with E-state index in [9.17, 15) is 8.78 Å². The molecule has 0 amide bonds. The van der Waals surface area contributed by atoms with Gasteiger partial charge in [0.2, 0.25) is 0 Å². The number of halogens is 2. The number of anilines is 1. The highest BCUT2D eigenvalue weighted by Crippen LogP contribution is 2.21. The van der Waals surface area contributed by atoms with Crippen LogP contribution >= 0.6 is 0 Å². The molecule has 0 bridgehead atoms. The maximum Gasteiger partial charge on any atom is 0.167 e. The molecule has 0 atom stereocenters. The lowest BCUT2D eigenvalue weighted by Crippen LogP contribution is -1.99. The van der Waals surface area contributed by atoms with E-state index in [1.165, 1.54) is 30.3 Å². The molecule has 19 heavy (non-hydrogen) atoms. The van der Waals surface area contributed by atoms with Gasteiger partial charge < -0.3 is 10.5 Å². The average molecular weight is 260 g/mol. The maximum absolute atomic E-state index is 13.4. The summed E-state index contributed by atoms with van der Waals surface area (Å²) >= 11 is 0. The first-order valence-corrected chi connectivity index (χ1v) is 5.46. The van der Waals surface area contributed by atoms with Crippen LogP contribution in [-0.4, -0.2) is 0 Å². The van der Waals surface area contributed by atoms with Crippen LogP contribution in [0.1, 0.15) is 11.1 Å². The third kappa shape index (κ3) is 2.99. The molecule has 0 aliphatic rings. The third-order valence-corrected chi connectivity index (χ3v) is 2.50. The molecule has 0 spiro atoms. The molecular formula is C14H10F2N2O. The molecule has 2 rings (SSSR count). The Bertz CT molecular complexity index is 650. The van der Waals surface area contributed by atoms with Gasteiger partial charge in [-0.25, -0.2) is 8.78 Å². The molecule has 0 fully saturated rings. The molecular weight excluding hydrogens is 250 g/mol. The van der Waals surface area contributed by atoms with Crippen molar-refractivity contribution in [3.05, 3.63) is 59.2 Å². The maximum atomic E-state index is 13.4. The predicted octanol–water partition coefficient (Wildman–Crippen LogP) is 3.00. The molecule has 5 heteroatoms. The Kier molecular flexibility index (Phi) is 3.62. The molecule has 0 heterocycles. The van der Waals surface area contributed by atoms with Gasteiger partial charge in [0.15, 0.2) is 11.6 Å². The molecule has 0 aliphatic heterocycles. The Hall–Kier alpha value is -2.61. The second-order valence-corrected chi connectivity index (χ2v) is 3.90. The normalized spacial score (nSPS) is 9.95. The van der Waals surface area contributed by atoms with Crippen molar-refractivity contribution in [2.75, 3.05) is 5.73 Å². The van der Waals surface area contributed by atoms with Gasteiger partial charge in [0.1, 0.15) is 18.5 Å². The van der Waals surface area contributed by atoms with E-state index >= 15 is 0 Å². The number of benzene rings is 2. The number of nitrogen functional groups attached to an aromatic ring is 1. The fourth-order valence-corrected chi connectivity index (χ4v) is 1.54. The van der Waals surface area contributed by atoms with Gasteiger partial charge >= 0.3 is 0 Å². The number of nitrogens with zero attached hydrogens (tertiary/aromatic N) is 1. The van der Waals surface area contributed by atoms with Crippen molar-refractivity contribution in [3.8, 4) is 11.8 Å². The van der Waals surface area contributed by atoms with Crippen LogP contribution in [0.5, 0.6) is 5.75 Å². The summed E-state index contributed by atoms with van der Waals surface area (Å²) in [7, 11) is 0. The summed E-state index contributed by atoms with van der Waals surface area (Å²) < 4.78 is 31.8. The molecule has 0 aromatic heterocycles. The quantitative estimate of drug-likeness (QED) is 0.863. The molecule has 0 saturated carbocycles. The Morgan fingerprint density at radius 2 is 1.89 bits per heavy atom. The van der Waals surface area contributed by atoms with Gasteiger partial charge in [-0.2, -0.15) is 5.26 Å². The van der Waals surface area contributed by atoms with Crippen molar-refractivity contribution in [1.82, 2.24) is 0 Å². The predicted molar refractivity (Wildman–Crippen MR) is 66.3 cm³/mol. The van der Waals surface area contributed by atoms with Crippen LogP contribution in [0.3, 0.4) is 0 Å². The summed E-state index contributed by atoms with van der Waals surface area (Å²) in [6.45, 7) is 0.0375. The first-order valence-electron chi connectivity index (χ1n) is 5.46. The third-order valence-electron chi connectivity index (χ3n) is 2.50. The fourth-order valence-electron chi connectivity index (χ4n) is 1.54. The van der Waals surface area contributed by atoms with Crippen molar-refractivity contribution >= 4 is 5.69 Å². The number of ether oxygens (including phenoxy) is 1. The van der Waals surface area contributed by atoms with Crippen LogP contribution in [0, 0.1) is 23.0 Å². The van der Waals surface area contributed by atoms with Crippen LogP contribution in [0.25, 0.3) is 0 Å². The van der Waals surface area contributed by atoms with Crippen molar-refractivity contribution in [3.63, 3.8) is 0 Å². The van der Waals surface area contributed by atoms with Gasteiger partial charge in [-0.05, 0) is 29.8 Å². The summed E-state index contributed by atoms with van der Waals surface area (Å²) in [4.78, 5) is 0. The average Bonchev–Trinajstić information content (AvgIpc) is 2.39. The van der Waals surface area contributed by atoms with E-state index in [0.717, 1.165) is 6.07 Å². The molecule has 96 valence electrons. The lowest BCUT2D eigenvalue weighted by molar-refractivity contribution is 0.290. The minimum atomic E-state index is -0.593. The zero-order valence-corrected chi connectivity index (χ0v) is 9.86. The number of rotatable bonds is 3. The highest BCUT2D eigenvalue weighted by molar-refractivity contribution is 5.43. The molecule has 0 unspecified atom stereocenters. The van der Waals surface area contributed by atoms with E-state index in [-0.39, 0.29) is 17.9 Å². The summed E-state index contributed by atoms with van der Waals surface area (Å²) in [5.74, 6) is -1.11. The molecule has 0 radical (unpaired) electrons. The van der Waals surface area contributed by atoms with Crippen LogP contribution in [-0.2, 0) is 6.61 Å². The molecule has 2 N–H and O–H groups in total. The van der Waals surface area contributed by atoms with E-state index in [1.54, 1.807) is 6.07 Å². The summed E-state index contributed by atoms with van der Waals surface area (Å²) in [6.07, 6.45) is 0. The first-order chi connectivity index (χ1) is 9.10. The first kappa shape index (κ1) is 12.8. The standard InChI is InChI=1S/C14H10F2N2O/c15-12-3-1-9(5-10(12)7-17)8-19-14-4-2-11(18)6-13(14)16/h1-6H,8,18H2. The summed E-state index contributed by atoms with van der Waals surface area (Å²) in [5.41, 5.74) is 6.23. The number of hydrogen-bond donors (Lipinski definition) is 1. The van der Waals surface area contributed by atoms with Crippen molar-refractivity contribution in [2.24, 2.45) is 0 Å². The van der Waals surface area contributed by atoms with Gasteiger partial charge in [0.25, 0.3) is 0 Å². The number of nitriles is 1. The highest BCUT2D eigenvalue weighted by Gasteiger charge is 2.06. The Morgan fingerprint density at radius 1 is 1.11 bits per heavy atom. The van der Waals surface area contributed by atoms with Crippen LogP contribution in [0.2, 0.25) is 0 Å². The van der Waals surface area contributed by atoms with E-state index in [2.05, 4.69) is 0 Å². The number of hydrogen-bond acceptors (Lipinski definition) is 3. The second-order valence-electron chi connectivity index (χ2n) is 3.90. The molecule has 2 aromatic rings. The van der Waals surface area contributed by atoms with Gasteiger partial charge in [-0.3, -0.25) is 0 Å². The molecule has 0 aliphatic carbocycles. The molecule has 3 nitrogen and oxygen atoms in total. The Balaban J connectivity index is 2.13. The lowest BCUT2D eigenvalue weighted by Gasteiger charge is -2.08. The minimum absolute atomic E-state index is 0.0375. The van der Waals surface area contributed by atoms with Crippen molar-refractivity contribution in [2.45, 2.75) is 6.61 Å². The zero-order valence-electron chi connectivity index (χ0n) is 9.86. The van der Waals surface area contributed by atoms with Crippen LogP contribution < -0.4 is 10.5 Å². The van der Waals surface area contributed by atoms with Gasteiger partial charge in [-0.1, -0.05) is 6.07 Å².